The fraction of sp³-hybridized carbons (Fsp3) is 0.0952. The highest BCUT2D eigenvalue weighted by atomic mass is 35.5. The normalized spacial score (nSPS) is 10.2. The third kappa shape index (κ3) is 4.55. The van der Waals surface area contributed by atoms with Gasteiger partial charge in [-0.3, -0.25) is 4.79 Å². The van der Waals surface area contributed by atoms with E-state index >= 15 is 0 Å². The van der Waals surface area contributed by atoms with Crippen LogP contribution in [0.2, 0.25) is 5.02 Å². The molecule has 0 aliphatic heterocycles. The zero-order valence-corrected chi connectivity index (χ0v) is 15.0. The molecule has 0 bridgehead atoms. The maximum atomic E-state index is 12.4. The summed E-state index contributed by atoms with van der Waals surface area (Å²) in [5.74, 6) is 1.17. The van der Waals surface area contributed by atoms with Gasteiger partial charge in [0.25, 0.3) is 5.91 Å². The molecule has 0 fully saturated rings. The van der Waals surface area contributed by atoms with Gasteiger partial charge in [-0.25, -0.2) is 0 Å². The van der Waals surface area contributed by atoms with Gasteiger partial charge in [-0.2, -0.15) is 0 Å². The molecular weight excluding hydrogens is 350 g/mol. The van der Waals surface area contributed by atoms with Crippen molar-refractivity contribution < 1.29 is 14.3 Å². The summed E-state index contributed by atoms with van der Waals surface area (Å²) < 4.78 is 10.9. The minimum Gasteiger partial charge on any atom is -0.495 e. The standard InChI is InChI=1S/C21H18ClNO3/c1-25-20-5-3-2-4-19(20)23-21(24)16-8-6-15(7-9-16)14-26-18-12-10-17(22)11-13-18/h2-13H,14H2,1H3,(H,23,24). The predicted octanol–water partition coefficient (Wildman–Crippen LogP) is 5.18. The van der Waals surface area contributed by atoms with Crippen LogP contribution in [0.4, 0.5) is 5.69 Å². The molecule has 3 aromatic rings. The van der Waals surface area contributed by atoms with Gasteiger partial charge < -0.3 is 14.8 Å². The van der Waals surface area contributed by atoms with Gasteiger partial charge in [0, 0.05) is 10.6 Å². The zero-order chi connectivity index (χ0) is 18.4. The molecular formula is C21H18ClNO3. The van der Waals surface area contributed by atoms with E-state index in [-0.39, 0.29) is 5.91 Å². The van der Waals surface area contributed by atoms with Gasteiger partial charge in [0.15, 0.2) is 0 Å². The molecule has 0 atom stereocenters. The van der Waals surface area contributed by atoms with Crippen molar-refractivity contribution >= 4 is 23.2 Å². The molecule has 1 amide bonds. The van der Waals surface area contributed by atoms with E-state index in [1.807, 2.05) is 36.4 Å². The molecule has 26 heavy (non-hydrogen) atoms. The van der Waals surface area contributed by atoms with Crippen LogP contribution in [0.1, 0.15) is 15.9 Å². The van der Waals surface area contributed by atoms with Gasteiger partial charge in [-0.1, -0.05) is 35.9 Å². The van der Waals surface area contributed by atoms with Crippen LogP contribution in [-0.4, -0.2) is 13.0 Å². The fourth-order valence-electron chi connectivity index (χ4n) is 2.39. The molecule has 4 nitrogen and oxygen atoms in total. The SMILES string of the molecule is COc1ccccc1NC(=O)c1ccc(COc2ccc(Cl)cc2)cc1. The summed E-state index contributed by atoms with van der Waals surface area (Å²) in [5.41, 5.74) is 2.16. The van der Waals surface area contributed by atoms with Crippen molar-refractivity contribution in [1.29, 1.82) is 0 Å². The number of halogens is 1. The lowest BCUT2D eigenvalue weighted by atomic mass is 10.1. The van der Waals surface area contributed by atoms with Crippen LogP contribution >= 0.6 is 11.6 Å². The minimum atomic E-state index is -0.195. The number of hydrogen-bond acceptors (Lipinski definition) is 3. The van der Waals surface area contributed by atoms with Crippen LogP contribution in [0.3, 0.4) is 0 Å². The first kappa shape index (κ1) is 17.8. The summed E-state index contributed by atoms with van der Waals surface area (Å²) in [6.45, 7) is 0.413. The number of hydrogen-bond donors (Lipinski definition) is 1. The summed E-state index contributed by atoms with van der Waals surface area (Å²) in [6, 6.07) is 21.8. The van der Waals surface area contributed by atoms with E-state index in [1.54, 1.807) is 43.5 Å². The molecule has 0 aliphatic rings. The number of methoxy groups -OCH3 is 1. The zero-order valence-electron chi connectivity index (χ0n) is 14.2. The lowest BCUT2D eigenvalue weighted by Gasteiger charge is -2.10. The number of ether oxygens (including phenoxy) is 2. The molecule has 0 aromatic heterocycles. The first-order valence-corrected chi connectivity index (χ1v) is 8.45. The summed E-state index contributed by atoms with van der Waals surface area (Å²) in [7, 11) is 1.57. The van der Waals surface area contributed by atoms with Crippen LogP contribution in [0.15, 0.2) is 72.8 Å². The number of benzene rings is 3. The third-order valence-electron chi connectivity index (χ3n) is 3.79. The Morgan fingerprint density at radius 2 is 1.65 bits per heavy atom. The Labute approximate surface area is 157 Å². The molecule has 3 rings (SSSR count). The monoisotopic (exact) mass is 367 g/mol. The Morgan fingerprint density at radius 3 is 2.35 bits per heavy atom. The largest absolute Gasteiger partial charge is 0.495 e. The minimum absolute atomic E-state index is 0.195. The van der Waals surface area contributed by atoms with Crippen molar-refractivity contribution in [2.75, 3.05) is 12.4 Å². The Hall–Kier alpha value is -2.98. The molecule has 0 aliphatic carbocycles. The number of anilines is 1. The molecule has 1 N–H and O–H groups in total. The number of carbonyl (C=O) groups is 1. The van der Waals surface area contributed by atoms with E-state index in [2.05, 4.69) is 5.32 Å². The number of carbonyl (C=O) groups excluding carboxylic acids is 1. The second-order valence-corrected chi connectivity index (χ2v) is 6.03. The van der Waals surface area contributed by atoms with E-state index < -0.39 is 0 Å². The summed E-state index contributed by atoms with van der Waals surface area (Å²) in [4.78, 5) is 12.4. The first-order chi connectivity index (χ1) is 12.7. The van der Waals surface area contributed by atoms with Crippen molar-refractivity contribution in [3.63, 3.8) is 0 Å². The Bertz CT molecular complexity index is 877. The second kappa shape index (κ2) is 8.41. The molecule has 0 unspecified atom stereocenters. The van der Waals surface area contributed by atoms with Crippen LogP contribution in [0.25, 0.3) is 0 Å². The van der Waals surface area contributed by atoms with Crippen LogP contribution in [0.5, 0.6) is 11.5 Å². The molecule has 0 radical (unpaired) electrons. The average molecular weight is 368 g/mol. The highest BCUT2D eigenvalue weighted by molar-refractivity contribution is 6.30. The highest BCUT2D eigenvalue weighted by Gasteiger charge is 2.09. The smallest absolute Gasteiger partial charge is 0.255 e. The maximum Gasteiger partial charge on any atom is 0.255 e. The van der Waals surface area contributed by atoms with E-state index in [4.69, 9.17) is 21.1 Å². The van der Waals surface area contributed by atoms with Crippen LogP contribution in [0, 0.1) is 0 Å². The highest BCUT2D eigenvalue weighted by Crippen LogP contribution is 2.24. The lowest BCUT2D eigenvalue weighted by molar-refractivity contribution is 0.102. The summed E-state index contributed by atoms with van der Waals surface area (Å²) >= 11 is 5.85. The van der Waals surface area contributed by atoms with E-state index in [1.165, 1.54) is 0 Å². The topological polar surface area (TPSA) is 47.6 Å². The van der Waals surface area contributed by atoms with E-state index in [0.717, 1.165) is 11.3 Å². The summed E-state index contributed by atoms with van der Waals surface area (Å²) in [6.07, 6.45) is 0. The number of amides is 1. The Kier molecular flexibility index (Phi) is 5.77. The van der Waals surface area contributed by atoms with Crippen molar-refractivity contribution in [2.24, 2.45) is 0 Å². The Balaban J connectivity index is 1.61. The Morgan fingerprint density at radius 1 is 0.962 bits per heavy atom. The van der Waals surface area contributed by atoms with Crippen LogP contribution in [-0.2, 0) is 6.61 Å². The first-order valence-electron chi connectivity index (χ1n) is 8.07. The van der Waals surface area contributed by atoms with Crippen molar-refractivity contribution in [3.8, 4) is 11.5 Å². The van der Waals surface area contributed by atoms with Gasteiger partial charge in [-0.15, -0.1) is 0 Å². The number of nitrogens with one attached hydrogen (secondary N) is 1. The predicted molar refractivity (Wildman–Crippen MR) is 103 cm³/mol. The van der Waals surface area contributed by atoms with E-state index in [9.17, 15) is 4.79 Å². The quantitative estimate of drug-likeness (QED) is 0.653. The third-order valence-corrected chi connectivity index (χ3v) is 4.04. The van der Waals surface area contributed by atoms with Gasteiger partial charge in [0.1, 0.15) is 18.1 Å². The van der Waals surface area contributed by atoms with Crippen molar-refractivity contribution in [1.82, 2.24) is 0 Å². The molecule has 0 spiro atoms. The van der Waals surface area contributed by atoms with Gasteiger partial charge in [0.2, 0.25) is 0 Å². The molecule has 3 aromatic carbocycles. The fourth-order valence-corrected chi connectivity index (χ4v) is 2.52. The van der Waals surface area contributed by atoms with Crippen LogP contribution < -0.4 is 14.8 Å². The molecule has 0 heterocycles. The molecule has 0 saturated carbocycles. The average Bonchev–Trinajstić information content (AvgIpc) is 2.68. The molecule has 5 heteroatoms. The van der Waals surface area contributed by atoms with Gasteiger partial charge >= 0.3 is 0 Å². The molecule has 0 saturated heterocycles. The van der Waals surface area contributed by atoms with Gasteiger partial charge in [0.05, 0.1) is 12.8 Å². The lowest BCUT2D eigenvalue weighted by Crippen LogP contribution is -2.12. The second-order valence-electron chi connectivity index (χ2n) is 5.59. The number of para-hydroxylation sites is 2. The van der Waals surface area contributed by atoms with E-state index in [0.29, 0.717) is 28.6 Å². The summed E-state index contributed by atoms with van der Waals surface area (Å²) in [5, 5.41) is 3.52. The van der Waals surface area contributed by atoms with Gasteiger partial charge in [-0.05, 0) is 54.1 Å². The molecule has 132 valence electrons. The number of rotatable bonds is 6. The maximum absolute atomic E-state index is 12.4. The van der Waals surface area contributed by atoms with Crippen molar-refractivity contribution in [2.45, 2.75) is 6.61 Å². The van der Waals surface area contributed by atoms with Crippen molar-refractivity contribution in [3.05, 3.63) is 88.9 Å².